The molecular formula is C18H17F2NO2. The Balaban J connectivity index is 1.91. The van der Waals surface area contributed by atoms with Gasteiger partial charge in [0.1, 0.15) is 5.75 Å². The van der Waals surface area contributed by atoms with Crippen LogP contribution in [0.25, 0.3) is 0 Å². The van der Waals surface area contributed by atoms with Crippen molar-refractivity contribution in [2.45, 2.75) is 32.9 Å². The van der Waals surface area contributed by atoms with Crippen LogP contribution in [0.4, 0.5) is 14.5 Å². The zero-order valence-corrected chi connectivity index (χ0v) is 12.9. The molecule has 1 amide bonds. The molecule has 0 spiro atoms. The van der Waals surface area contributed by atoms with Crippen molar-refractivity contribution in [3.05, 3.63) is 59.2 Å². The molecule has 1 heterocycles. The summed E-state index contributed by atoms with van der Waals surface area (Å²) in [6, 6.07) is 12.5. The molecule has 0 unspecified atom stereocenters. The van der Waals surface area contributed by atoms with E-state index in [2.05, 4.69) is 18.6 Å². The maximum absolute atomic E-state index is 12.6. The van der Waals surface area contributed by atoms with Crippen molar-refractivity contribution in [2.75, 3.05) is 4.90 Å². The maximum atomic E-state index is 12.6. The molecule has 0 saturated heterocycles. The van der Waals surface area contributed by atoms with Gasteiger partial charge in [-0.15, -0.1) is 0 Å². The number of amides is 1. The highest BCUT2D eigenvalue weighted by molar-refractivity contribution is 6.11. The predicted octanol–water partition coefficient (Wildman–Crippen LogP) is 4.57. The molecule has 0 bridgehead atoms. The van der Waals surface area contributed by atoms with Gasteiger partial charge in [0, 0.05) is 5.69 Å². The number of ether oxygens (including phenoxy) is 1. The highest BCUT2D eigenvalue weighted by Crippen LogP contribution is 2.35. The molecule has 5 heteroatoms. The first kappa shape index (κ1) is 15.5. The van der Waals surface area contributed by atoms with Crippen LogP contribution >= 0.6 is 0 Å². The zero-order valence-electron chi connectivity index (χ0n) is 12.9. The Hall–Kier alpha value is -2.43. The van der Waals surface area contributed by atoms with Crippen molar-refractivity contribution < 1.29 is 18.3 Å². The van der Waals surface area contributed by atoms with Gasteiger partial charge >= 0.3 is 6.61 Å². The number of carbonyl (C=O) groups is 1. The van der Waals surface area contributed by atoms with Gasteiger partial charge in [-0.05, 0) is 35.2 Å². The van der Waals surface area contributed by atoms with Crippen molar-refractivity contribution in [3.8, 4) is 5.75 Å². The molecule has 2 aromatic carbocycles. The lowest BCUT2D eigenvalue weighted by molar-refractivity contribution is -0.0501. The summed E-state index contributed by atoms with van der Waals surface area (Å²) in [5.41, 5.74) is 2.85. The first-order valence-corrected chi connectivity index (χ1v) is 7.46. The van der Waals surface area contributed by atoms with Gasteiger partial charge in [-0.2, -0.15) is 8.78 Å². The smallest absolute Gasteiger partial charge is 0.387 e. The van der Waals surface area contributed by atoms with Gasteiger partial charge in [-0.3, -0.25) is 4.79 Å². The number of carbonyl (C=O) groups excluding carboxylic acids is 1. The Kier molecular flexibility index (Phi) is 4.03. The second-order valence-electron chi connectivity index (χ2n) is 5.81. The number of hydrogen-bond acceptors (Lipinski definition) is 2. The lowest BCUT2D eigenvalue weighted by Gasteiger charge is -2.17. The first-order chi connectivity index (χ1) is 11.0. The van der Waals surface area contributed by atoms with Gasteiger partial charge in [0.15, 0.2) is 0 Å². The number of hydrogen-bond donors (Lipinski definition) is 0. The lowest BCUT2D eigenvalue weighted by atomic mass is 10.0. The number of fused-ring (bicyclic) bond motifs is 1. The Labute approximate surface area is 133 Å². The van der Waals surface area contributed by atoms with E-state index in [9.17, 15) is 13.6 Å². The van der Waals surface area contributed by atoms with Crippen LogP contribution in [0.15, 0.2) is 42.5 Å². The van der Waals surface area contributed by atoms with Gasteiger partial charge in [-0.1, -0.05) is 38.1 Å². The zero-order chi connectivity index (χ0) is 16.6. The quantitative estimate of drug-likeness (QED) is 0.826. The number of benzene rings is 2. The Morgan fingerprint density at radius 1 is 1.09 bits per heavy atom. The molecule has 3 rings (SSSR count). The average molecular weight is 317 g/mol. The molecule has 0 fully saturated rings. The summed E-state index contributed by atoms with van der Waals surface area (Å²) in [6.07, 6.45) is 0. The van der Waals surface area contributed by atoms with Crippen molar-refractivity contribution in [1.29, 1.82) is 0 Å². The van der Waals surface area contributed by atoms with Crippen LogP contribution in [0.2, 0.25) is 0 Å². The minimum Gasteiger partial charge on any atom is -0.434 e. The van der Waals surface area contributed by atoms with Gasteiger partial charge in [0.05, 0.1) is 12.1 Å². The van der Waals surface area contributed by atoms with E-state index < -0.39 is 6.61 Å². The highest BCUT2D eigenvalue weighted by atomic mass is 19.3. The van der Waals surface area contributed by atoms with Crippen molar-refractivity contribution in [3.63, 3.8) is 0 Å². The molecule has 1 aliphatic heterocycles. The molecule has 0 aromatic heterocycles. The third kappa shape index (κ3) is 2.91. The number of halogens is 2. The minimum absolute atomic E-state index is 0.0659. The average Bonchev–Trinajstić information content (AvgIpc) is 2.85. The highest BCUT2D eigenvalue weighted by Gasteiger charge is 2.32. The lowest BCUT2D eigenvalue weighted by Crippen LogP contribution is -2.23. The van der Waals surface area contributed by atoms with E-state index in [1.54, 1.807) is 17.0 Å². The largest absolute Gasteiger partial charge is 0.434 e. The van der Waals surface area contributed by atoms with Crippen LogP contribution in [-0.2, 0) is 6.54 Å². The molecule has 3 nitrogen and oxygen atoms in total. The molecule has 120 valence electrons. The standard InChI is InChI=1S/C18H17F2NO2/c1-11(2)12-6-8-14(9-7-12)21-10-13-4-3-5-15(23-18(19)20)16(13)17(21)22/h3-9,11,18H,10H2,1-2H3. The molecule has 0 N–H and O–H groups in total. The number of nitrogens with zero attached hydrogens (tertiary/aromatic N) is 1. The van der Waals surface area contributed by atoms with E-state index >= 15 is 0 Å². The summed E-state index contributed by atoms with van der Waals surface area (Å²) in [6.45, 7) is 1.60. The Morgan fingerprint density at radius 3 is 2.39 bits per heavy atom. The molecule has 2 aromatic rings. The SMILES string of the molecule is CC(C)c1ccc(N2Cc3cccc(OC(F)F)c3C2=O)cc1. The number of rotatable bonds is 4. The van der Waals surface area contributed by atoms with E-state index in [-0.39, 0.29) is 17.2 Å². The van der Waals surface area contributed by atoms with Gasteiger partial charge in [-0.25, -0.2) is 0 Å². The van der Waals surface area contributed by atoms with Crippen molar-refractivity contribution >= 4 is 11.6 Å². The molecule has 0 saturated carbocycles. The Bertz CT molecular complexity index is 726. The van der Waals surface area contributed by atoms with E-state index in [4.69, 9.17) is 0 Å². The molecule has 0 aliphatic carbocycles. The third-order valence-corrected chi connectivity index (χ3v) is 3.99. The summed E-state index contributed by atoms with van der Waals surface area (Å²) >= 11 is 0. The molecule has 0 radical (unpaired) electrons. The molecule has 23 heavy (non-hydrogen) atoms. The van der Waals surface area contributed by atoms with Crippen LogP contribution < -0.4 is 9.64 Å². The maximum Gasteiger partial charge on any atom is 0.387 e. The van der Waals surface area contributed by atoms with Crippen LogP contribution in [0.3, 0.4) is 0 Å². The molecule has 1 aliphatic rings. The summed E-state index contributed by atoms with van der Waals surface area (Å²) in [7, 11) is 0. The summed E-state index contributed by atoms with van der Waals surface area (Å²) < 4.78 is 29.5. The van der Waals surface area contributed by atoms with Crippen LogP contribution in [-0.4, -0.2) is 12.5 Å². The topological polar surface area (TPSA) is 29.5 Å². The van der Waals surface area contributed by atoms with Crippen molar-refractivity contribution in [1.82, 2.24) is 0 Å². The van der Waals surface area contributed by atoms with Crippen LogP contribution in [0.5, 0.6) is 5.75 Å². The second-order valence-corrected chi connectivity index (χ2v) is 5.81. The fraction of sp³-hybridized carbons (Fsp3) is 0.278. The predicted molar refractivity (Wildman–Crippen MR) is 84.1 cm³/mol. The van der Waals surface area contributed by atoms with Gasteiger partial charge < -0.3 is 9.64 Å². The van der Waals surface area contributed by atoms with Gasteiger partial charge in [0.2, 0.25) is 0 Å². The number of alkyl halides is 2. The molecule has 0 atom stereocenters. The summed E-state index contributed by atoms with van der Waals surface area (Å²) in [4.78, 5) is 14.2. The van der Waals surface area contributed by atoms with Gasteiger partial charge in [0.25, 0.3) is 5.91 Å². The van der Waals surface area contributed by atoms with Crippen molar-refractivity contribution in [2.24, 2.45) is 0 Å². The number of anilines is 1. The summed E-state index contributed by atoms with van der Waals surface area (Å²) in [5, 5.41) is 0. The first-order valence-electron chi connectivity index (χ1n) is 7.46. The summed E-state index contributed by atoms with van der Waals surface area (Å²) in [5.74, 6) is 0.0268. The van der Waals surface area contributed by atoms with Crippen LogP contribution in [0, 0.1) is 0 Å². The Morgan fingerprint density at radius 2 is 1.78 bits per heavy atom. The fourth-order valence-electron chi connectivity index (χ4n) is 2.77. The minimum atomic E-state index is -2.95. The molecular weight excluding hydrogens is 300 g/mol. The van der Waals surface area contributed by atoms with E-state index in [0.717, 1.165) is 5.69 Å². The van der Waals surface area contributed by atoms with E-state index in [1.807, 2.05) is 24.3 Å². The monoisotopic (exact) mass is 317 g/mol. The second kappa shape index (κ2) is 5.99. The van der Waals surface area contributed by atoms with Crippen LogP contribution in [0.1, 0.15) is 41.3 Å². The van der Waals surface area contributed by atoms with E-state index in [1.165, 1.54) is 11.6 Å². The third-order valence-electron chi connectivity index (χ3n) is 3.99. The normalized spacial score (nSPS) is 13.8. The van der Waals surface area contributed by atoms with E-state index in [0.29, 0.717) is 18.0 Å². The fourth-order valence-corrected chi connectivity index (χ4v) is 2.77.